The number of carbonyl (C=O) groups excluding carboxylic acids is 2. The van der Waals surface area contributed by atoms with Gasteiger partial charge in [-0.05, 0) is 42.2 Å². The van der Waals surface area contributed by atoms with Gasteiger partial charge in [0.2, 0.25) is 5.91 Å². The number of hydrogen-bond acceptors (Lipinski definition) is 3. The third-order valence-electron chi connectivity index (χ3n) is 5.74. The van der Waals surface area contributed by atoms with Crippen LogP contribution in [0.25, 0.3) is 0 Å². The topological polar surface area (TPSA) is 74.7 Å². The van der Waals surface area contributed by atoms with Crippen LogP contribution in [-0.2, 0) is 15.0 Å². The highest BCUT2D eigenvalue weighted by atomic mass is 35.5. The number of nitrogens with zero attached hydrogens (tertiary/aromatic N) is 1. The molecule has 5 nitrogen and oxygen atoms in total. The summed E-state index contributed by atoms with van der Waals surface area (Å²) in [6.07, 6.45) is 2.67. The molecule has 1 aliphatic carbocycles. The van der Waals surface area contributed by atoms with Crippen LogP contribution in [0.15, 0.2) is 48.5 Å². The van der Waals surface area contributed by atoms with Crippen LogP contribution in [-0.4, -0.2) is 34.3 Å². The highest BCUT2D eigenvalue weighted by Gasteiger charge is 2.48. The van der Waals surface area contributed by atoms with Crippen LogP contribution >= 0.6 is 11.6 Å². The van der Waals surface area contributed by atoms with Gasteiger partial charge in [-0.1, -0.05) is 48.4 Å². The standard InChI is InChI=1S/C21H18ClNO4/c22-14-8-6-13(7-9-14)21(10-3-11-21)12-23-18(24)16-5-2-1-4-15(16)17(19(23)25)20(26)27/h1-2,4-9,17H,3,10-12H2,(H,26,27). The Kier molecular flexibility index (Phi) is 4.27. The van der Waals surface area contributed by atoms with E-state index in [1.54, 1.807) is 36.4 Å². The van der Waals surface area contributed by atoms with E-state index in [1.807, 2.05) is 12.1 Å². The Morgan fingerprint density at radius 3 is 2.37 bits per heavy atom. The van der Waals surface area contributed by atoms with Gasteiger partial charge in [0.25, 0.3) is 5.91 Å². The minimum absolute atomic E-state index is 0.185. The molecule has 0 bridgehead atoms. The van der Waals surface area contributed by atoms with Crippen molar-refractivity contribution in [3.8, 4) is 0 Å². The lowest BCUT2D eigenvalue weighted by Crippen LogP contribution is -2.54. The Labute approximate surface area is 161 Å². The second-order valence-corrected chi connectivity index (χ2v) is 7.67. The number of rotatable bonds is 4. The molecule has 138 valence electrons. The maximum absolute atomic E-state index is 13.0. The number of fused-ring (bicyclic) bond motifs is 1. The van der Waals surface area contributed by atoms with Crippen LogP contribution in [0.3, 0.4) is 0 Å². The lowest BCUT2D eigenvalue weighted by atomic mass is 9.64. The number of halogens is 1. The van der Waals surface area contributed by atoms with E-state index in [1.165, 1.54) is 0 Å². The van der Waals surface area contributed by atoms with E-state index in [0.717, 1.165) is 29.7 Å². The van der Waals surface area contributed by atoms with E-state index in [0.29, 0.717) is 5.02 Å². The minimum Gasteiger partial charge on any atom is -0.480 e. The van der Waals surface area contributed by atoms with Crippen molar-refractivity contribution in [3.05, 3.63) is 70.2 Å². The molecule has 2 aromatic carbocycles. The van der Waals surface area contributed by atoms with Crippen molar-refractivity contribution in [3.63, 3.8) is 0 Å². The Balaban J connectivity index is 1.73. The van der Waals surface area contributed by atoms with Gasteiger partial charge in [-0.15, -0.1) is 0 Å². The zero-order valence-corrected chi connectivity index (χ0v) is 15.3. The van der Waals surface area contributed by atoms with Crippen molar-refractivity contribution in [1.82, 2.24) is 4.90 Å². The van der Waals surface area contributed by atoms with E-state index in [4.69, 9.17) is 11.6 Å². The Morgan fingerprint density at radius 2 is 1.78 bits per heavy atom. The summed E-state index contributed by atoms with van der Waals surface area (Å²) < 4.78 is 0. The fourth-order valence-electron chi connectivity index (χ4n) is 4.11. The van der Waals surface area contributed by atoms with E-state index < -0.39 is 23.7 Å². The summed E-state index contributed by atoms with van der Waals surface area (Å²) in [4.78, 5) is 38.8. The number of carboxylic acids is 1. The molecule has 1 fully saturated rings. The summed E-state index contributed by atoms with van der Waals surface area (Å²) in [7, 11) is 0. The number of carboxylic acid groups (broad SMARTS) is 1. The second kappa shape index (κ2) is 6.50. The van der Waals surface area contributed by atoms with Crippen LogP contribution < -0.4 is 0 Å². The van der Waals surface area contributed by atoms with E-state index in [-0.39, 0.29) is 23.1 Å². The molecule has 0 spiro atoms. The number of aliphatic carboxylic acids is 1. The van der Waals surface area contributed by atoms with Gasteiger partial charge in [0, 0.05) is 22.5 Å². The summed E-state index contributed by atoms with van der Waals surface area (Å²) in [5.74, 6) is -3.67. The summed E-state index contributed by atoms with van der Waals surface area (Å²) in [6.45, 7) is 0.185. The molecule has 1 saturated carbocycles. The molecule has 1 aliphatic heterocycles. The first-order valence-corrected chi connectivity index (χ1v) is 9.24. The summed E-state index contributed by atoms with van der Waals surface area (Å²) in [5, 5.41) is 10.2. The van der Waals surface area contributed by atoms with Gasteiger partial charge >= 0.3 is 5.97 Å². The molecule has 2 amide bonds. The van der Waals surface area contributed by atoms with Gasteiger partial charge in [0.15, 0.2) is 5.92 Å². The molecule has 1 atom stereocenters. The first kappa shape index (κ1) is 17.7. The minimum atomic E-state index is -1.35. The fraction of sp³-hybridized carbons (Fsp3) is 0.286. The second-order valence-electron chi connectivity index (χ2n) is 7.23. The molecule has 4 rings (SSSR count). The molecular weight excluding hydrogens is 366 g/mol. The third kappa shape index (κ3) is 2.82. The largest absolute Gasteiger partial charge is 0.480 e. The monoisotopic (exact) mass is 383 g/mol. The van der Waals surface area contributed by atoms with E-state index in [9.17, 15) is 19.5 Å². The Bertz CT molecular complexity index is 933. The van der Waals surface area contributed by atoms with Gasteiger partial charge in [0.1, 0.15) is 0 Å². The molecule has 6 heteroatoms. The number of amides is 2. The van der Waals surface area contributed by atoms with Crippen LogP contribution in [0.4, 0.5) is 0 Å². The van der Waals surface area contributed by atoms with E-state index in [2.05, 4.69) is 0 Å². The molecule has 0 saturated heterocycles. The van der Waals surface area contributed by atoms with Crippen molar-refractivity contribution in [1.29, 1.82) is 0 Å². The maximum atomic E-state index is 13.0. The zero-order chi connectivity index (χ0) is 19.2. The SMILES string of the molecule is O=C(O)C1C(=O)N(CC2(c3ccc(Cl)cc3)CCC2)C(=O)c2ccccc21. The number of carbonyl (C=O) groups is 3. The predicted molar refractivity (Wildman–Crippen MR) is 99.8 cm³/mol. The Morgan fingerprint density at radius 1 is 1.11 bits per heavy atom. The lowest BCUT2D eigenvalue weighted by molar-refractivity contribution is -0.146. The van der Waals surface area contributed by atoms with Crippen molar-refractivity contribution in [2.45, 2.75) is 30.6 Å². The van der Waals surface area contributed by atoms with Crippen molar-refractivity contribution in [2.24, 2.45) is 0 Å². The first-order valence-electron chi connectivity index (χ1n) is 8.86. The fourth-order valence-corrected chi connectivity index (χ4v) is 4.24. The summed E-state index contributed by atoms with van der Waals surface area (Å²) >= 11 is 5.99. The van der Waals surface area contributed by atoms with Crippen LogP contribution in [0, 0.1) is 0 Å². The molecule has 1 heterocycles. The van der Waals surface area contributed by atoms with Crippen molar-refractivity contribution >= 4 is 29.4 Å². The predicted octanol–water partition coefficient (Wildman–Crippen LogP) is 3.61. The van der Waals surface area contributed by atoms with Gasteiger partial charge in [-0.2, -0.15) is 0 Å². The average Bonchev–Trinajstić information content (AvgIpc) is 2.61. The smallest absolute Gasteiger partial charge is 0.320 e. The number of benzene rings is 2. The van der Waals surface area contributed by atoms with Crippen LogP contribution in [0.2, 0.25) is 5.02 Å². The molecular formula is C21H18ClNO4. The molecule has 1 unspecified atom stereocenters. The number of hydrogen-bond donors (Lipinski definition) is 1. The lowest BCUT2D eigenvalue weighted by Gasteiger charge is -2.46. The van der Waals surface area contributed by atoms with Crippen LogP contribution in [0.1, 0.15) is 46.7 Å². The molecule has 2 aliphatic rings. The Hall–Kier alpha value is -2.66. The number of imide groups is 1. The maximum Gasteiger partial charge on any atom is 0.320 e. The van der Waals surface area contributed by atoms with Gasteiger partial charge in [-0.3, -0.25) is 19.3 Å². The molecule has 27 heavy (non-hydrogen) atoms. The highest BCUT2D eigenvalue weighted by Crippen LogP contribution is 2.45. The third-order valence-corrected chi connectivity index (χ3v) is 5.99. The van der Waals surface area contributed by atoms with Gasteiger partial charge < -0.3 is 5.11 Å². The summed E-state index contributed by atoms with van der Waals surface area (Å²) in [5.41, 5.74) is 1.23. The first-order chi connectivity index (χ1) is 12.9. The highest BCUT2D eigenvalue weighted by molar-refractivity contribution is 6.30. The average molecular weight is 384 g/mol. The molecule has 0 radical (unpaired) electrons. The van der Waals surface area contributed by atoms with Gasteiger partial charge in [-0.25, -0.2) is 0 Å². The normalized spacial score (nSPS) is 20.8. The van der Waals surface area contributed by atoms with Crippen molar-refractivity contribution in [2.75, 3.05) is 6.54 Å². The van der Waals surface area contributed by atoms with E-state index >= 15 is 0 Å². The summed E-state index contributed by atoms with van der Waals surface area (Å²) in [6, 6.07) is 13.9. The zero-order valence-electron chi connectivity index (χ0n) is 14.5. The molecule has 2 aromatic rings. The van der Waals surface area contributed by atoms with Gasteiger partial charge in [0.05, 0.1) is 0 Å². The molecule has 0 aromatic heterocycles. The quantitative estimate of drug-likeness (QED) is 0.646. The van der Waals surface area contributed by atoms with Crippen LogP contribution in [0.5, 0.6) is 0 Å². The van der Waals surface area contributed by atoms with Crippen molar-refractivity contribution < 1.29 is 19.5 Å². The molecule has 1 N–H and O–H groups in total.